The summed E-state index contributed by atoms with van der Waals surface area (Å²) in [6.45, 7) is 0. The van der Waals surface area contributed by atoms with Crippen LogP contribution >= 0.6 is 23.2 Å². The second-order valence-corrected chi connectivity index (χ2v) is 7.81. The van der Waals surface area contributed by atoms with E-state index in [0.717, 1.165) is 22.5 Å². The highest BCUT2D eigenvalue weighted by atomic mass is 35.5. The first-order valence-corrected chi connectivity index (χ1v) is 8.72. The molecular formula is C15H12Cl2FNO4S. The Morgan fingerprint density at radius 2 is 1.83 bits per heavy atom. The predicted molar refractivity (Wildman–Crippen MR) is 88.7 cm³/mol. The van der Waals surface area contributed by atoms with Crippen LogP contribution in [-0.4, -0.2) is 32.8 Å². The normalized spacial score (nSPS) is 11.6. The molecule has 0 fully saturated rings. The van der Waals surface area contributed by atoms with Crippen molar-refractivity contribution >= 4 is 39.2 Å². The minimum atomic E-state index is -3.83. The van der Waals surface area contributed by atoms with Crippen molar-refractivity contribution in [3.05, 3.63) is 57.8 Å². The third-order valence-corrected chi connectivity index (χ3v) is 5.67. The molecule has 0 N–H and O–H groups in total. The zero-order chi connectivity index (χ0) is 18.1. The van der Waals surface area contributed by atoms with Crippen molar-refractivity contribution in [2.75, 3.05) is 14.1 Å². The number of carbonyl (C=O) groups excluding carboxylic acids is 1. The molecule has 0 atom stereocenters. The van der Waals surface area contributed by atoms with Gasteiger partial charge in [0.1, 0.15) is 10.8 Å². The highest BCUT2D eigenvalue weighted by Gasteiger charge is 2.23. The molecule has 9 heteroatoms. The first-order chi connectivity index (χ1) is 11.1. The molecule has 128 valence electrons. The molecule has 0 aliphatic rings. The van der Waals surface area contributed by atoms with Gasteiger partial charge in [-0.15, -0.1) is 0 Å². The van der Waals surface area contributed by atoms with Crippen LogP contribution in [0.15, 0.2) is 41.3 Å². The van der Waals surface area contributed by atoms with Crippen molar-refractivity contribution in [3.8, 4) is 5.75 Å². The molecule has 0 bridgehead atoms. The Balaban J connectivity index is 2.41. The monoisotopic (exact) mass is 391 g/mol. The number of rotatable bonds is 4. The van der Waals surface area contributed by atoms with Gasteiger partial charge in [0.25, 0.3) is 0 Å². The van der Waals surface area contributed by atoms with Crippen LogP contribution in [0.2, 0.25) is 10.0 Å². The first kappa shape index (κ1) is 18.7. The number of nitrogens with zero attached hydrogens (tertiary/aromatic N) is 1. The van der Waals surface area contributed by atoms with Gasteiger partial charge in [-0.3, -0.25) is 0 Å². The van der Waals surface area contributed by atoms with Crippen LogP contribution in [0.4, 0.5) is 4.39 Å². The van der Waals surface area contributed by atoms with Crippen molar-refractivity contribution in [2.45, 2.75) is 4.90 Å². The minimum absolute atomic E-state index is 0.00927. The molecule has 0 amide bonds. The Morgan fingerprint density at radius 1 is 1.17 bits per heavy atom. The van der Waals surface area contributed by atoms with Gasteiger partial charge in [0.15, 0.2) is 5.75 Å². The molecule has 5 nitrogen and oxygen atoms in total. The van der Waals surface area contributed by atoms with Crippen molar-refractivity contribution in [1.82, 2.24) is 4.31 Å². The van der Waals surface area contributed by atoms with Crippen molar-refractivity contribution < 1.29 is 22.3 Å². The second kappa shape index (κ2) is 7.06. The number of carbonyl (C=O) groups is 1. The summed E-state index contributed by atoms with van der Waals surface area (Å²) in [6, 6.07) is 7.22. The third-order valence-electron chi connectivity index (χ3n) is 3.06. The lowest BCUT2D eigenvalue weighted by atomic mass is 10.2. The largest absolute Gasteiger partial charge is 0.421 e. The smallest absolute Gasteiger partial charge is 0.346 e. The molecule has 24 heavy (non-hydrogen) atoms. The molecule has 0 aliphatic heterocycles. The van der Waals surface area contributed by atoms with E-state index in [4.69, 9.17) is 27.9 Å². The number of esters is 1. The summed E-state index contributed by atoms with van der Waals surface area (Å²) in [7, 11) is -1.18. The molecule has 0 unspecified atom stereocenters. The standard InChI is InChI=1S/C15H12Cl2FNO4S/c1-19(2)24(21,22)9-6-7-12(18)10(8-9)15(20)23-13-5-3-4-11(16)14(13)17/h3-8H,1-2H3. The van der Waals surface area contributed by atoms with Gasteiger partial charge in [-0.05, 0) is 30.3 Å². The summed E-state index contributed by atoms with van der Waals surface area (Å²) in [4.78, 5) is 11.9. The fraction of sp³-hybridized carbons (Fsp3) is 0.133. The number of hydrogen-bond donors (Lipinski definition) is 0. The lowest BCUT2D eigenvalue weighted by molar-refractivity contribution is 0.0729. The average Bonchev–Trinajstić information content (AvgIpc) is 2.51. The SMILES string of the molecule is CN(C)S(=O)(=O)c1ccc(F)c(C(=O)Oc2cccc(Cl)c2Cl)c1. The van der Waals surface area contributed by atoms with E-state index in [1.54, 1.807) is 0 Å². The van der Waals surface area contributed by atoms with E-state index in [9.17, 15) is 17.6 Å². The van der Waals surface area contributed by atoms with Gasteiger partial charge in [0.2, 0.25) is 10.0 Å². The molecule has 0 heterocycles. The lowest BCUT2D eigenvalue weighted by Crippen LogP contribution is -2.23. The lowest BCUT2D eigenvalue weighted by Gasteiger charge is -2.13. The molecule has 0 spiro atoms. The molecule has 0 aliphatic carbocycles. The van der Waals surface area contributed by atoms with Crippen molar-refractivity contribution in [2.24, 2.45) is 0 Å². The summed E-state index contributed by atoms with van der Waals surface area (Å²) in [6.07, 6.45) is 0. The highest BCUT2D eigenvalue weighted by Crippen LogP contribution is 2.32. The summed E-state index contributed by atoms with van der Waals surface area (Å²) < 4.78 is 44.1. The first-order valence-electron chi connectivity index (χ1n) is 6.53. The third kappa shape index (κ3) is 3.70. The number of halogens is 3. The quantitative estimate of drug-likeness (QED) is 0.589. The number of sulfonamides is 1. The number of ether oxygens (including phenoxy) is 1. The van der Waals surface area contributed by atoms with Gasteiger partial charge in [0, 0.05) is 14.1 Å². The fourth-order valence-electron chi connectivity index (χ4n) is 1.75. The second-order valence-electron chi connectivity index (χ2n) is 4.87. The Labute approximate surface area is 148 Å². The van der Waals surface area contributed by atoms with E-state index in [1.807, 2.05) is 0 Å². The summed E-state index contributed by atoms with van der Waals surface area (Å²) in [5, 5.41) is 0.149. The Morgan fingerprint density at radius 3 is 2.46 bits per heavy atom. The van der Waals surface area contributed by atoms with Crippen molar-refractivity contribution in [1.29, 1.82) is 0 Å². The van der Waals surface area contributed by atoms with Gasteiger partial charge in [0.05, 0.1) is 15.5 Å². The van der Waals surface area contributed by atoms with Crippen LogP contribution in [0.5, 0.6) is 5.75 Å². The maximum atomic E-state index is 13.9. The van der Waals surface area contributed by atoms with E-state index in [0.29, 0.717) is 0 Å². The van der Waals surface area contributed by atoms with Crippen molar-refractivity contribution in [3.63, 3.8) is 0 Å². The van der Waals surface area contributed by atoms with Crippen LogP contribution < -0.4 is 4.74 Å². The molecular weight excluding hydrogens is 380 g/mol. The van der Waals surface area contributed by atoms with Crippen LogP contribution in [-0.2, 0) is 10.0 Å². The van der Waals surface area contributed by atoms with Crippen LogP contribution in [0, 0.1) is 5.82 Å². The van der Waals surface area contributed by atoms with Gasteiger partial charge in [-0.1, -0.05) is 29.3 Å². The molecule has 0 saturated heterocycles. The van der Waals surface area contributed by atoms with Crippen LogP contribution in [0.25, 0.3) is 0 Å². The Kier molecular flexibility index (Phi) is 5.49. The van der Waals surface area contributed by atoms with Gasteiger partial charge in [-0.25, -0.2) is 21.9 Å². The zero-order valence-corrected chi connectivity index (χ0v) is 14.9. The molecule has 0 radical (unpaired) electrons. The van der Waals surface area contributed by atoms with E-state index in [-0.39, 0.29) is 20.7 Å². The number of benzene rings is 2. The maximum absolute atomic E-state index is 13.9. The van der Waals surface area contributed by atoms with E-state index < -0.39 is 27.4 Å². The van der Waals surface area contributed by atoms with Gasteiger partial charge in [-0.2, -0.15) is 0 Å². The average molecular weight is 392 g/mol. The van der Waals surface area contributed by atoms with Crippen LogP contribution in [0.1, 0.15) is 10.4 Å². The maximum Gasteiger partial charge on any atom is 0.346 e. The van der Waals surface area contributed by atoms with E-state index >= 15 is 0 Å². The zero-order valence-electron chi connectivity index (χ0n) is 12.6. The number of hydrogen-bond acceptors (Lipinski definition) is 4. The molecule has 0 saturated carbocycles. The Bertz CT molecular complexity index is 900. The van der Waals surface area contributed by atoms with Gasteiger partial charge >= 0.3 is 5.97 Å². The summed E-state index contributed by atoms with van der Waals surface area (Å²) >= 11 is 11.7. The summed E-state index contributed by atoms with van der Waals surface area (Å²) in [5.41, 5.74) is -0.533. The van der Waals surface area contributed by atoms with E-state index in [1.165, 1.54) is 32.3 Å². The Hall–Kier alpha value is -1.67. The highest BCUT2D eigenvalue weighted by molar-refractivity contribution is 7.89. The summed E-state index contributed by atoms with van der Waals surface area (Å²) in [5.74, 6) is -2.07. The minimum Gasteiger partial charge on any atom is -0.421 e. The van der Waals surface area contributed by atoms with E-state index in [2.05, 4.69) is 0 Å². The molecule has 2 rings (SSSR count). The van der Waals surface area contributed by atoms with Crippen LogP contribution in [0.3, 0.4) is 0 Å². The van der Waals surface area contributed by atoms with Gasteiger partial charge < -0.3 is 4.74 Å². The topological polar surface area (TPSA) is 63.7 Å². The fourth-order valence-corrected chi connectivity index (χ4v) is 3.01. The molecule has 2 aromatic rings. The molecule has 2 aromatic carbocycles. The molecule has 0 aromatic heterocycles. The predicted octanol–water partition coefficient (Wildman–Crippen LogP) is 3.60.